The van der Waals surface area contributed by atoms with Gasteiger partial charge in [0.2, 0.25) is 0 Å². The lowest BCUT2D eigenvalue weighted by Gasteiger charge is -2.10. The van der Waals surface area contributed by atoms with Crippen LogP contribution in [-0.4, -0.2) is 32.1 Å². The van der Waals surface area contributed by atoms with Crippen molar-refractivity contribution in [3.63, 3.8) is 0 Å². The third-order valence-electron chi connectivity index (χ3n) is 4.36. The first-order valence-corrected chi connectivity index (χ1v) is 7.85. The maximum atomic E-state index is 12.5. The number of hydrogen-bond acceptors (Lipinski definition) is 4. The van der Waals surface area contributed by atoms with Gasteiger partial charge in [-0.2, -0.15) is 5.10 Å². The lowest BCUT2D eigenvalue weighted by molar-refractivity contribution is 0.0934. The number of aromatic nitrogens is 4. The highest BCUT2D eigenvalue weighted by Gasteiger charge is 2.21. The Balaban J connectivity index is 1.68. The van der Waals surface area contributed by atoms with E-state index in [1.807, 2.05) is 18.2 Å². The number of rotatable bonds is 3. The number of aromatic amines is 1. The summed E-state index contributed by atoms with van der Waals surface area (Å²) in [5, 5.41) is 11.0. The first-order valence-electron chi connectivity index (χ1n) is 7.85. The van der Waals surface area contributed by atoms with Crippen LogP contribution in [0, 0.1) is 0 Å². The van der Waals surface area contributed by atoms with E-state index in [2.05, 4.69) is 25.5 Å². The molecule has 1 fully saturated rings. The van der Waals surface area contributed by atoms with Gasteiger partial charge in [0, 0.05) is 29.4 Å². The molecule has 4 rings (SSSR count). The monoisotopic (exact) mass is 307 g/mol. The van der Waals surface area contributed by atoms with Gasteiger partial charge in [-0.1, -0.05) is 18.9 Å². The van der Waals surface area contributed by atoms with Crippen molar-refractivity contribution >= 4 is 16.8 Å². The Bertz CT molecular complexity index is 837. The van der Waals surface area contributed by atoms with E-state index in [9.17, 15) is 4.79 Å². The van der Waals surface area contributed by atoms with Gasteiger partial charge in [-0.05, 0) is 30.5 Å². The smallest absolute Gasteiger partial charge is 0.272 e. The topological polar surface area (TPSA) is 83.6 Å². The molecule has 6 nitrogen and oxygen atoms in total. The molecule has 1 amide bonds. The van der Waals surface area contributed by atoms with Gasteiger partial charge >= 0.3 is 0 Å². The Morgan fingerprint density at radius 3 is 2.70 bits per heavy atom. The van der Waals surface area contributed by atoms with E-state index in [0.29, 0.717) is 5.69 Å². The van der Waals surface area contributed by atoms with Crippen molar-refractivity contribution < 1.29 is 4.79 Å². The van der Waals surface area contributed by atoms with E-state index in [0.717, 1.165) is 34.9 Å². The zero-order valence-electron chi connectivity index (χ0n) is 12.6. The average Bonchev–Trinajstić information content (AvgIpc) is 3.24. The largest absolute Gasteiger partial charge is 0.348 e. The van der Waals surface area contributed by atoms with Crippen LogP contribution in [0.1, 0.15) is 36.2 Å². The van der Waals surface area contributed by atoms with E-state index in [1.54, 1.807) is 12.4 Å². The molecule has 1 aliphatic rings. The molecular weight excluding hydrogens is 290 g/mol. The summed E-state index contributed by atoms with van der Waals surface area (Å²) in [5.74, 6) is -0.107. The summed E-state index contributed by atoms with van der Waals surface area (Å²) in [6.07, 6.45) is 9.50. The zero-order valence-corrected chi connectivity index (χ0v) is 12.6. The van der Waals surface area contributed by atoms with Crippen LogP contribution in [-0.2, 0) is 0 Å². The highest BCUT2D eigenvalue weighted by molar-refractivity contribution is 6.05. The number of H-pyrrole nitrogens is 1. The Morgan fingerprint density at radius 1 is 1.13 bits per heavy atom. The van der Waals surface area contributed by atoms with E-state index in [-0.39, 0.29) is 11.9 Å². The third kappa shape index (κ3) is 2.67. The first-order chi connectivity index (χ1) is 11.3. The Kier molecular flexibility index (Phi) is 3.49. The Morgan fingerprint density at radius 2 is 1.91 bits per heavy atom. The molecule has 2 aromatic heterocycles. The zero-order chi connectivity index (χ0) is 15.6. The molecule has 3 aromatic rings. The number of nitrogens with one attached hydrogen (secondary N) is 2. The summed E-state index contributed by atoms with van der Waals surface area (Å²) in [5.41, 5.74) is 3.18. The van der Waals surface area contributed by atoms with Crippen molar-refractivity contribution in [2.75, 3.05) is 0 Å². The minimum atomic E-state index is -0.107. The van der Waals surface area contributed by atoms with Crippen LogP contribution < -0.4 is 5.32 Å². The number of amides is 1. The molecule has 0 saturated heterocycles. The van der Waals surface area contributed by atoms with Crippen LogP contribution in [0.3, 0.4) is 0 Å². The third-order valence-corrected chi connectivity index (χ3v) is 4.36. The normalized spacial score (nSPS) is 15.1. The Labute approximate surface area is 133 Å². The van der Waals surface area contributed by atoms with Gasteiger partial charge < -0.3 is 5.32 Å². The van der Waals surface area contributed by atoms with Crippen molar-refractivity contribution in [3.8, 4) is 11.1 Å². The summed E-state index contributed by atoms with van der Waals surface area (Å²) in [6, 6.07) is 6.13. The minimum absolute atomic E-state index is 0.107. The van der Waals surface area contributed by atoms with E-state index in [1.165, 1.54) is 19.2 Å². The molecule has 0 atom stereocenters. The number of carbonyl (C=O) groups excluding carboxylic acids is 1. The quantitative estimate of drug-likeness (QED) is 0.779. The predicted octanol–water partition coefficient (Wildman–Crippen LogP) is 2.69. The van der Waals surface area contributed by atoms with Crippen LogP contribution in [0.15, 0.2) is 36.9 Å². The van der Waals surface area contributed by atoms with Crippen molar-refractivity contribution in [2.24, 2.45) is 0 Å². The molecule has 0 unspecified atom stereocenters. The fourth-order valence-electron chi connectivity index (χ4n) is 3.14. The SMILES string of the molecule is O=C(NC1CCCC1)c1n[nH]c2ccc(-c3cncnc3)cc12. The second-order valence-corrected chi connectivity index (χ2v) is 5.91. The highest BCUT2D eigenvalue weighted by atomic mass is 16.2. The van der Waals surface area contributed by atoms with Crippen molar-refractivity contribution in [1.29, 1.82) is 0 Å². The molecule has 0 radical (unpaired) electrons. The number of carbonyl (C=O) groups is 1. The fourth-order valence-corrected chi connectivity index (χ4v) is 3.14. The van der Waals surface area contributed by atoms with E-state index in [4.69, 9.17) is 0 Å². The molecule has 23 heavy (non-hydrogen) atoms. The molecule has 6 heteroatoms. The van der Waals surface area contributed by atoms with Gasteiger partial charge in [-0.15, -0.1) is 0 Å². The fraction of sp³-hybridized carbons (Fsp3) is 0.294. The highest BCUT2D eigenvalue weighted by Crippen LogP contribution is 2.25. The van der Waals surface area contributed by atoms with Crippen molar-refractivity contribution in [3.05, 3.63) is 42.6 Å². The second kappa shape index (κ2) is 5.79. The maximum absolute atomic E-state index is 12.5. The van der Waals surface area contributed by atoms with Crippen LogP contribution in [0.25, 0.3) is 22.0 Å². The molecule has 0 spiro atoms. The standard InChI is InChI=1S/C17H17N5O/c23-17(20-13-3-1-2-4-13)16-14-7-11(5-6-15(14)21-22-16)12-8-18-10-19-9-12/h5-10,13H,1-4H2,(H,20,23)(H,21,22). The maximum Gasteiger partial charge on any atom is 0.272 e. The molecular formula is C17H17N5O. The van der Waals surface area contributed by atoms with Gasteiger partial charge in [0.25, 0.3) is 5.91 Å². The number of fused-ring (bicyclic) bond motifs is 1. The second-order valence-electron chi connectivity index (χ2n) is 5.91. The minimum Gasteiger partial charge on any atom is -0.348 e. The molecule has 116 valence electrons. The number of benzene rings is 1. The first kappa shape index (κ1) is 13.9. The summed E-state index contributed by atoms with van der Waals surface area (Å²) < 4.78 is 0. The lowest BCUT2D eigenvalue weighted by atomic mass is 10.1. The van der Waals surface area contributed by atoms with Gasteiger partial charge in [-0.3, -0.25) is 9.89 Å². The number of nitrogens with zero attached hydrogens (tertiary/aromatic N) is 3. The van der Waals surface area contributed by atoms with E-state index < -0.39 is 0 Å². The summed E-state index contributed by atoms with van der Waals surface area (Å²) in [4.78, 5) is 20.6. The Hall–Kier alpha value is -2.76. The number of hydrogen-bond donors (Lipinski definition) is 2. The summed E-state index contributed by atoms with van der Waals surface area (Å²) in [6.45, 7) is 0. The van der Waals surface area contributed by atoms with Crippen LogP contribution in [0.2, 0.25) is 0 Å². The average molecular weight is 307 g/mol. The van der Waals surface area contributed by atoms with Crippen LogP contribution in [0.5, 0.6) is 0 Å². The molecule has 0 bridgehead atoms. The molecule has 1 aromatic carbocycles. The molecule has 2 N–H and O–H groups in total. The van der Waals surface area contributed by atoms with E-state index >= 15 is 0 Å². The summed E-state index contributed by atoms with van der Waals surface area (Å²) in [7, 11) is 0. The van der Waals surface area contributed by atoms with Gasteiger partial charge in [0.1, 0.15) is 6.33 Å². The van der Waals surface area contributed by atoms with Gasteiger partial charge in [0.05, 0.1) is 5.52 Å². The summed E-state index contributed by atoms with van der Waals surface area (Å²) >= 11 is 0. The molecule has 1 aliphatic carbocycles. The molecule has 1 saturated carbocycles. The predicted molar refractivity (Wildman–Crippen MR) is 86.8 cm³/mol. The molecule has 0 aliphatic heterocycles. The van der Waals surface area contributed by atoms with Crippen LogP contribution >= 0.6 is 0 Å². The van der Waals surface area contributed by atoms with Gasteiger partial charge in [-0.25, -0.2) is 9.97 Å². The van der Waals surface area contributed by atoms with Crippen LogP contribution in [0.4, 0.5) is 0 Å². The lowest BCUT2D eigenvalue weighted by Crippen LogP contribution is -2.32. The van der Waals surface area contributed by atoms with Gasteiger partial charge in [0.15, 0.2) is 5.69 Å². The van der Waals surface area contributed by atoms with Crippen molar-refractivity contribution in [1.82, 2.24) is 25.5 Å². The molecule has 2 heterocycles. The van der Waals surface area contributed by atoms with Crippen molar-refractivity contribution in [2.45, 2.75) is 31.7 Å².